The Kier molecular flexibility index (Phi) is 5.38. The molecule has 3 aromatic rings. The van der Waals surface area contributed by atoms with Gasteiger partial charge in [0.25, 0.3) is 5.91 Å². The standard InChI is InChI=1S/C23H25F3N4O2/c1-22(2,3)15-7-17(8-15)30-12-14-6-19(20(32-4)9-18(14)29-30)28-21(31)13-5-16(11-27-10-13)23(24,25)26/h5-6,9-12,15,17H,7-8H2,1-4H3,(H,28,31). The average molecular weight is 446 g/mol. The highest BCUT2D eigenvalue weighted by molar-refractivity contribution is 6.06. The van der Waals surface area contributed by atoms with E-state index in [0.29, 0.717) is 29.6 Å². The summed E-state index contributed by atoms with van der Waals surface area (Å²) in [7, 11) is 1.46. The van der Waals surface area contributed by atoms with Crippen molar-refractivity contribution < 1.29 is 22.7 Å². The molecule has 32 heavy (non-hydrogen) atoms. The number of benzene rings is 1. The van der Waals surface area contributed by atoms with Crippen molar-refractivity contribution in [1.29, 1.82) is 0 Å². The van der Waals surface area contributed by atoms with Gasteiger partial charge in [0.1, 0.15) is 5.75 Å². The van der Waals surface area contributed by atoms with E-state index in [1.54, 1.807) is 12.1 Å². The lowest BCUT2D eigenvalue weighted by molar-refractivity contribution is -0.137. The van der Waals surface area contributed by atoms with Crippen molar-refractivity contribution in [1.82, 2.24) is 14.8 Å². The Morgan fingerprint density at radius 3 is 2.50 bits per heavy atom. The molecule has 0 radical (unpaired) electrons. The zero-order chi connectivity index (χ0) is 23.3. The summed E-state index contributed by atoms with van der Waals surface area (Å²) in [5.74, 6) is 0.308. The van der Waals surface area contributed by atoms with Gasteiger partial charge in [0, 0.05) is 30.0 Å². The monoisotopic (exact) mass is 446 g/mol. The van der Waals surface area contributed by atoms with E-state index in [9.17, 15) is 18.0 Å². The first-order chi connectivity index (χ1) is 15.0. The Morgan fingerprint density at radius 1 is 1.16 bits per heavy atom. The number of alkyl halides is 3. The van der Waals surface area contributed by atoms with Crippen molar-refractivity contribution in [2.75, 3.05) is 12.4 Å². The third kappa shape index (κ3) is 4.28. The summed E-state index contributed by atoms with van der Waals surface area (Å²) in [6.07, 6.45) is 1.24. The van der Waals surface area contributed by atoms with Gasteiger partial charge in [0.2, 0.25) is 0 Å². The van der Waals surface area contributed by atoms with Crippen molar-refractivity contribution in [3.63, 3.8) is 0 Å². The summed E-state index contributed by atoms with van der Waals surface area (Å²) >= 11 is 0. The van der Waals surface area contributed by atoms with Gasteiger partial charge in [-0.15, -0.1) is 0 Å². The van der Waals surface area contributed by atoms with Gasteiger partial charge in [-0.1, -0.05) is 20.8 Å². The van der Waals surface area contributed by atoms with Crippen LogP contribution in [0.3, 0.4) is 0 Å². The maximum atomic E-state index is 12.9. The molecule has 1 aromatic carbocycles. The number of anilines is 1. The van der Waals surface area contributed by atoms with Crippen LogP contribution in [0.25, 0.3) is 10.9 Å². The fourth-order valence-corrected chi connectivity index (χ4v) is 3.95. The molecule has 1 N–H and O–H groups in total. The Labute approximate surface area is 183 Å². The largest absolute Gasteiger partial charge is 0.494 e. The Morgan fingerprint density at radius 2 is 1.88 bits per heavy atom. The van der Waals surface area contributed by atoms with E-state index in [-0.39, 0.29) is 11.0 Å². The first kappa shape index (κ1) is 22.1. The highest BCUT2D eigenvalue weighted by Gasteiger charge is 2.38. The van der Waals surface area contributed by atoms with Crippen molar-refractivity contribution >= 4 is 22.5 Å². The predicted octanol–water partition coefficient (Wildman–Crippen LogP) is 5.71. The second-order valence-corrected chi connectivity index (χ2v) is 9.32. The van der Waals surface area contributed by atoms with Gasteiger partial charge in [-0.05, 0) is 36.3 Å². The van der Waals surface area contributed by atoms with Gasteiger partial charge in [0.15, 0.2) is 0 Å². The van der Waals surface area contributed by atoms with Crippen molar-refractivity contribution in [3.8, 4) is 5.75 Å². The number of methoxy groups -OCH3 is 1. The molecule has 1 aliphatic rings. The third-order valence-electron chi connectivity index (χ3n) is 6.13. The van der Waals surface area contributed by atoms with Gasteiger partial charge in [-0.3, -0.25) is 14.5 Å². The van der Waals surface area contributed by atoms with Crippen molar-refractivity contribution in [2.24, 2.45) is 11.3 Å². The molecule has 9 heteroatoms. The van der Waals surface area contributed by atoms with E-state index in [2.05, 4.69) is 36.2 Å². The lowest BCUT2D eigenvalue weighted by atomic mass is 9.66. The summed E-state index contributed by atoms with van der Waals surface area (Å²) in [5.41, 5.74) is 0.161. The normalized spacial score (nSPS) is 19.0. The number of carbonyl (C=O) groups excluding carboxylic acids is 1. The molecule has 4 rings (SSSR count). The van der Waals surface area contributed by atoms with Gasteiger partial charge in [-0.25, -0.2) is 0 Å². The van der Waals surface area contributed by atoms with Crippen molar-refractivity contribution in [3.05, 3.63) is 47.9 Å². The molecular weight excluding hydrogens is 421 g/mol. The highest BCUT2D eigenvalue weighted by atomic mass is 19.4. The molecule has 2 heterocycles. The molecule has 0 aliphatic heterocycles. The molecule has 0 spiro atoms. The second kappa shape index (κ2) is 7.79. The van der Waals surface area contributed by atoms with E-state index >= 15 is 0 Å². The minimum atomic E-state index is -4.58. The van der Waals surface area contributed by atoms with Crippen LogP contribution < -0.4 is 10.1 Å². The van der Waals surface area contributed by atoms with E-state index < -0.39 is 17.6 Å². The van der Waals surface area contributed by atoms with Crippen LogP contribution in [0, 0.1) is 11.3 Å². The fourth-order valence-electron chi connectivity index (χ4n) is 3.95. The average Bonchev–Trinajstić information content (AvgIpc) is 3.06. The van der Waals surface area contributed by atoms with Gasteiger partial charge < -0.3 is 10.1 Å². The number of pyridine rings is 1. The molecule has 170 valence electrons. The number of carbonyl (C=O) groups is 1. The lowest BCUT2D eigenvalue weighted by Crippen LogP contribution is -2.35. The number of rotatable bonds is 4. The quantitative estimate of drug-likeness (QED) is 0.558. The SMILES string of the molecule is COc1cc2nn(C3CC(C(C)(C)C)C3)cc2cc1NC(=O)c1cncc(C(F)(F)F)c1. The molecule has 1 saturated carbocycles. The van der Waals surface area contributed by atoms with E-state index in [4.69, 9.17) is 4.74 Å². The number of amides is 1. The smallest absolute Gasteiger partial charge is 0.417 e. The van der Waals surface area contributed by atoms with Crippen molar-refractivity contribution in [2.45, 2.75) is 45.8 Å². The Bertz CT molecular complexity index is 1160. The van der Waals surface area contributed by atoms with Crippen LogP contribution >= 0.6 is 0 Å². The van der Waals surface area contributed by atoms with Crippen LogP contribution in [0.4, 0.5) is 18.9 Å². The van der Waals surface area contributed by atoms with Crippen LogP contribution in [0.1, 0.15) is 55.6 Å². The molecule has 1 amide bonds. The van der Waals surface area contributed by atoms with Crippen LogP contribution in [0.5, 0.6) is 5.75 Å². The summed E-state index contributed by atoms with van der Waals surface area (Å²) in [4.78, 5) is 16.1. The predicted molar refractivity (Wildman–Crippen MR) is 115 cm³/mol. The molecule has 2 aromatic heterocycles. The summed E-state index contributed by atoms with van der Waals surface area (Å²) in [6, 6.07) is 4.53. The number of halogens is 3. The lowest BCUT2D eigenvalue weighted by Gasteiger charge is -2.43. The summed E-state index contributed by atoms with van der Waals surface area (Å²) in [5, 5.41) is 8.11. The highest BCUT2D eigenvalue weighted by Crippen LogP contribution is 2.47. The minimum absolute atomic E-state index is 0.194. The Hall–Kier alpha value is -3.10. The third-order valence-corrected chi connectivity index (χ3v) is 6.13. The first-order valence-electron chi connectivity index (χ1n) is 10.4. The first-order valence-corrected chi connectivity index (χ1v) is 10.4. The van der Waals surface area contributed by atoms with E-state index in [1.165, 1.54) is 7.11 Å². The number of ether oxygens (including phenoxy) is 1. The van der Waals surface area contributed by atoms with Crippen LogP contribution in [-0.2, 0) is 6.18 Å². The number of fused-ring (bicyclic) bond motifs is 1. The molecule has 6 nitrogen and oxygen atoms in total. The number of nitrogens with zero attached hydrogens (tertiary/aromatic N) is 3. The maximum Gasteiger partial charge on any atom is 0.417 e. The number of nitrogens with one attached hydrogen (secondary N) is 1. The molecule has 1 aliphatic carbocycles. The fraction of sp³-hybridized carbons (Fsp3) is 0.435. The zero-order valence-corrected chi connectivity index (χ0v) is 18.3. The van der Waals surface area contributed by atoms with Crippen LogP contribution in [0.2, 0.25) is 0 Å². The summed E-state index contributed by atoms with van der Waals surface area (Å²) < 4.78 is 46.2. The topological polar surface area (TPSA) is 69.0 Å². The molecule has 0 saturated heterocycles. The maximum absolute atomic E-state index is 12.9. The van der Waals surface area contributed by atoms with Crippen LogP contribution in [-0.4, -0.2) is 27.8 Å². The number of hydrogen-bond acceptors (Lipinski definition) is 4. The Balaban J connectivity index is 1.57. The summed E-state index contributed by atoms with van der Waals surface area (Å²) in [6.45, 7) is 6.73. The second-order valence-electron chi connectivity index (χ2n) is 9.32. The van der Waals surface area contributed by atoms with E-state index in [0.717, 1.165) is 36.0 Å². The van der Waals surface area contributed by atoms with Gasteiger partial charge >= 0.3 is 6.18 Å². The molecule has 0 unspecified atom stereocenters. The van der Waals surface area contributed by atoms with E-state index in [1.807, 2.05) is 10.9 Å². The zero-order valence-electron chi connectivity index (χ0n) is 18.3. The van der Waals surface area contributed by atoms with Gasteiger partial charge in [-0.2, -0.15) is 18.3 Å². The minimum Gasteiger partial charge on any atom is -0.494 e. The number of aromatic nitrogens is 3. The molecule has 0 bridgehead atoms. The van der Waals surface area contributed by atoms with Crippen LogP contribution in [0.15, 0.2) is 36.8 Å². The number of hydrogen-bond donors (Lipinski definition) is 1. The molecule has 0 atom stereocenters. The van der Waals surface area contributed by atoms with Gasteiger partial charge in [0.05, 0.1) is 35.5 Å². The molecule has 1 fully saturated rings. The molecular formula is C23H25F3N4O2.